The highest BCUT2D eigenvalue weighted by Gasteiger charge is 2.08. The molecular formula is C18H19NO3. The number of carboxylic acid groups (broad SMARTS) is 1. The van der Waals surface area contributed by atoms with E-state index < -0.39 is 5.97 Å². The average molecular weight is 297 g/mol. The molecule has 0 radical (unpaired) electrons. The maximum absolute atomic E-state index is 11.1. The number of rotatable bonds is 6. The fraction of sp³-hybridized carbons (Fsp3) is 0.222. The third-order valence-electron chi connectivity index (χ3n) is 3.25. The standard InChI is InChI=1S/C18H19NO3/c1-3-13-5-8-16(9-6-13)19-12-15-11-14(18(20)21)7-10-17(15)22-4-2/h5-12H,3-4H2,1-2H3,(H,20,21). The lowest BCUT2D eigenvalue weighted by molar-refractivity contribution is 0.0697. The largest absolute Gasteiger partial charge is 0.493 e. The van der Waals surface area contributed by atoms with Crippen molar-refractivity contribution in [3.05, 3.63) is 59.2 Å². The second kappa shape index (κ2) is 7.41. The van der Waals surface area contributed by atoms with Crippen LogP contribution in [-0.2, 0) is 6.42 Å². The van der Waals surface area contributed by atoms with E-state index in [1.54, 1.807) is 18.3 Å². The number of aromatic carboxylic acids is 1. The fourth-order valence-electron chi connectivity index (χ4n) is 2.03. The monoisotopic (exact) mass is 297 g/mol. The van der Waals surface area contributed by atoms with E-state index in [4.69, 9.17) is 9.84 Å². The first-order valence-electron chi connectivity index (χ1n) is 7.27. The van der Waals surface area contributed by atoms with Crippen LogP contribution in [0.2, 0.25) is 0 Å². The van der Waals surface area contributed by atoms with E-state index in [1.165, 1.54) is 11.6 Å². The second-order valence-electron chi connectivity index (χ2n) is 4.77. The highest BCUT2D eigenvalue weighted by atomic mass is 16.5. The molecular weight excluding hydrogens is 278 g/mol. The van der Waals surface area contributed by atoms with Crippen LogP contribution in [-0.4, -0.2) is 23.9 Å². The molecule has 0 aliphatic heterocycles. The van der Waals surface area contributed by atoms with Gasteiger partial charge in [-0.15, -0.1) is 0 Å². The summed E-state index contributed by atoms with van der Waals surface area (Å²) in [5.74, 6) is -0.341. The lowest BCUT2D eigenvalue weighted by atomic mass is 10.1. The van der Waals surface area contributed by atoms with Gasteiger partial charge in [0.1, 0.15) is 5.75 Å². The highest BCUT2D eigenvalue weighted by molar-refractivity contribution is 5.93. The Morgan fingerprint density at radius 1 is 1.18 bits per heavy atom. The minimum absolute atomic E-state index is 0.214. The zero-order valence-electron chi connectivity index (χ0n) is 12.7. The number of ether oxygens (including phenoxy) is 1. The molecule has 0 bridgehead atoms. The Balaban J connectivity index is 2.30. The van der Waals surface area contributed by atoms with Gasteiger partial charge in [0, 0.05) is 11.8 Å². The van der Waals surface area contributed by atoms with E-state index in [-0.39, 0.29) is 5.56 Å². The molecule has 2 aromatic rings. The summed E-state index contributed by atoms with van der Waals surface area (Å²) in [6.45, 7) is 4.50. The van der Waals surface area contributed by atoms with Crippen molar-refractivity contribution in [2.75, 3.05) is 6.61 Å². The van der Waals surface area contributed by atoms with Crippen molar-refractivity contribution >= 4 is 17.9 Å². The van der Waals surface area contributed by atoms with Crippen LogP contribution in [0.15, 0.2) is 47.5 Å². The number of aliphatic imine (C=N–C) groups is 1. The topological polar surface area (TPSA) is 58.9 Å². The van der Waals surface area contributed by atoms with Crippen LogP contribution in [0.3, 0.4) is 0 Å². The normalized spacial score (nSPS) is 10.8. The molecule has 0 aromatic heterocycles. The highest BCUT2D eigenvalue weighted by Crippen LogP contribution is 2.20. The van der Waals surface area contributed by atoms with Gasteiger partial charge in [0.25, 0.3) is 0 Å². The zero-order valence-corrected chi connectivity index (χ0v) is 12.7. The van der Waals surface area contributed by atoms with Crippen molar-refractivity contribution in [2.24, 2.45) is 4.99 Å². The van der Waals surface area contributed by atoms with Crippen molar-refractivity contribution in [1.82, 2.24) is 0 Å². The summed E-state index contributed by atoms with van der Waals surface area (Å²) in [6.07, 6.45) is 2.62. The minimum atomic E-state index is -0.968. The van der Waals surface area contributed by atoms with Gasteiger partial charge < -0.3 is 9.84 Å². The first kappa shape index (κ1) is 15.8. The number of carbonyl (C=O) groups is 1. The van der Waals surface area contributed by atoms with E-state index in [1.807, 2.05) is 31.2 Å². The van der Waals surface area contributed by atoms with Gasteiger partial charge in [-0.25, -0.2) is 4.79 Å². The predicted octanol–water partition coefficient (Wildman–Crippen LogP) is 4.10. The molecule has 22 heavy (non-hydrogen) atoms. The quantitative estimate of drug-likeness (QED) is 0.817. The molecule has 2 rings (SSSR count). The van der Waals surface area contributed by atoms with Crippen LogP contribution in [0.25, 0.3) is 0 Å². The third-order valence-corrected chi connectivity index (χ3v) is 3.25. The molecule has 114 valence electrons. The molecule has 0 aliphatic rings. The van der Waals surface area contributed by atoms with E-state index in [2.05, 4.69) is 11.9 Å². The summed E-state index contributed by atoms with van der Waals surface area (Å²) in [7, 11) is 0. The molecule has 1 N–H and O–H groups in total. The van der Waals surface area contributed by atoms with Gasteiger partial charge in [-0.3, -0.25) is 4.99 Å². The minimum Gasteiger partial charge on any atom is -0.493 e. The third kappa shape index (κ3) is 3.95. The summed E-state index contributed by atoms with van der Waals surface area (Å²) in [4.78, 5) is 15.5. The van der Waals surface area contributed by atoms with E-state index in [0.29, 0.717) is 17.9 Å². The smallest absolute Gasteiger partial charge is 0.335 e. The van der Waals surface area contributed by atoms with Crippen LogP contribution >= 0.6 is 0 Å². The van der Waals surface area contributed by atoms with Gasteiger partial charge in [-0.05, 0) is 49.2 Å². The molecule has 0 atom stereocenters. The first-order valence-corrected chi connectivity index (χ1v) is 7.27. The van der Waals surface area contributed by atoms with Crippen molar-refractivity contribution in [3.63, 3.8) is 0 Å². The van der Waals surface area contributed by atoms with Crippen molar-refractivity contribution in [1.29, 1.82) is 0 Å². The number of hydrogen-bond donors (Lipinski definition) is 1. The molecule has 0 unspecified atom stereocenters. The van der Waals surface area contributed by atoms with E-state index in [9.17, 15) is 4.79 Å². The summed E-state index contributed by atoms with van der Waals surface area (Å²) in [5.41, 5.74) is 2.94. The van der Waals surface area contributed by atoms with Crippen molar-refractivity contribution < 1.29 is 14.6 Å². The first-order chi connectivity index (χ1) is 10.6. The second-order valence-corrected chi connectivity index (χ2v) is 4.77. The molecule has 4 nitrogen and oxygen atoms in total. The predicted molar refractivity (Wildman–Crippen MR) is 87.6 cm³/mol. The van der Waals surface area contributed by atoms with Crippen molar-refractivity contribution in [2.45, 2.75) is 20.3 Å². The number of benzene rings is 2. The van der Waals surface area contributed by atoms with Crippen LogP contribution in [0.4, 0.5) is 5.69 Å². The lowest BCUT2D eigenvalue weighted by Gasteiger charge is -2.07. The zero-order chi connectivity index (χ0) is 15.9. The van der Waals surface area contributed by atoms with Gasteiger partial charge >= 0.3 is 5.97 Å². The molecule has 0 fully saturated rings. The lowest BCUT2D eigenvalue weighted by Crippen LogP contribution is -2.01. The van der Waals surface area contributed by atoms with Gasteiger partial charge in [0.15, 0.2) is 0 Å². The Hall–Kier alpha value is -2.62. The molecule has 0 spiro atoms. The maximum Gasteiger partial charge on any atom is 0.335 e. The summed E-state index contributed by atoms with van der Waals surface area (Å²) in [5, 5.41) is 9.09. The number of aryl methyl sites for hydroxylation is 1. The summed E-state index contributed by atoms with van der Waals surface area (Å²) < 4.78 is 5.51. The Labute approximate surface area is 130 Å². The summed E-state index contributed by atoms with van der Waals surface area (Å²) in [6, 6.07) is 12.7. The maximum atomic E-state index is 11.1. The van der Waals surface area contributed by atoms with Crippen LogP contribution in [0, 0.1) is 0 Å². The molecule has 0 aliphatic carbocycles. The van der Waals surface area contributed by atoms with Gasteiger partial charge in [-0.2, -0.15) is 0 Å². The van der Waals surface area contributed by atoms with Crippen LogP contribution in [0.5, 0.6) is 5.75 Å². The Kier molecular flexibility index (Phi) is 5.31. The molecule has 4 heteroatoms. The Morgan fingerprint density at radius 3 is 2.50 bits per heavy atom. The average Bonchev–Trinajstić information content (AvgIpc) is 2.54. The van der Waals surface area contributed by atoms with Gasteiger partial charge in [-0.1, -0.05) is 19.1 Å². The number of nitrogens with zero attached hydrogens (tertiary/aromatic N) is 1. The Morgan fingerprint density at radius 2 is 1.91 bits per heavy atom. The summed E-state index contributed by atoms with van der Waals surface area (Å²) >= 11 is 0. The SMILES string of the molecule is CCOc1ccc(C(=O)O)cc1C=Nc1ccc(CC)cc1. The molecule has 0 heterocycles. The van der Waals surface area contributed by atoms with Crippen LogP contribution < -0.4 is 4.74 Å². The van der Waals surface area contributed by atoms with Gasteiger partial charge in [0.2, 0.25) is 0 Å². The molecule has 0 saturated heterocycles. The molecule has 2 aromatic carbocycles. The number of carboxylic acids is 1. The van der Waals surface area contributed by atoms with E-state index in [0.717, 1.165) is 12.1 Å². The van der Waals surface area contributed by atoms with Crippen LogP contribution in [0.1, 0.15) is 35.3 Å². The fourth-order valence-corrected chi connectivity index (χ4v) is 2.03. The van der Waals surface area contributed by atoms with E-state index >= 15 is 0 Å². The Bertz CT molecular complexity index is 675. The molecule has 0 saturated carbocycles. The number of hydrogen-bond acceptors (Lipinski definition) is 3. The molecule has 0 amide bonds. The van der Waals surface area contributed by atoms with Crippen molar-refractivity contribution in [3.8, 4) is 5.75 Å². The van der Waals surface area contributed by atoms with Gasteiger partial charge in [0.05, 0.1) is 17.9 Å².